The Bertz CT molecular complexity index is 568. The highest BCUT2D eigenvalue weighted by Crippen LogP contribution is 2.44. The Hall–Kier alpha value is -1.72. The highest BCUT2D eigenvalue weighted by Gasteiger charge is 2.52. The summed E-state index contributed by atoms with van der Waals surface area (Å²) in [6.45, 7) is 1.40. The van der Waals surface area contributed by atoms with Gasteiger partial charge in [-0.25, -0.2) is 0 Å². The minimum absolute atomic E-state index is 0.229. The van der Waals surface area contributed by atoms with Crippen LogP contribution in [0.3, 0.4) is 0 Å². The molecule has 1 saturated carbocycles. The third-order valence-corrected chi connectivity index (χ3v) is 4.55. The van der Waals surface area contributed by atoms with E-state index >= 15 is 0 Å². The van der Waals surface area contributed by atoms with Gasteiger partial charge in [0, 0.05) is 13.1 Å². The van der Waals surface area contributed by atoms with E-state index in [1.54, 1.807) is 24.3 Å². The number of hydrogen-bond donors (Lipinski definition) is 1. The van der Waals surface area contributed by atoms with Crippen molar-refractivity contribution in [2.24, 2.45) is 5.92 Å². The van der Waals surface area contributed by atoms with Crippen molar-refractivity contribution in [2.45, 2.75) is 18.4 Å². The van der Waals surface area contributed by atoms with Crippen LogP contribution in [0.25, 0.3) is 0 Å². The third-order valence-electron chi connectivity index (χ3n) is 4.55. The lowest BCUT2D eigenvalue weighted by molar-refractivity contribution is -0.122. The number of fused-ring (bicyclic) bond motifs is 1. The smallest absolute Gasteiger partial charge is 0.262 e. The molecule has 1 N–H and O–H groups in total. The first-order valence-corrected chi connectivity index (χ1v) is 6.98. The van der Waals surface area contributed by atoms with E-state index < -0.39 is 5.60 Å². The molecule has 0 atom stereocenters. The minimum Gasteiger partial charge on any atom is -0.387 e. The van der Waals surface area contributed by atoms with E-state index in [1.165, 1.54) is 4.90 Å². The van der Waals surface area contributed by atoms with E-state index in [4.69, 9.17) is 0 Å². The topological polar surface area (TPSA) is 60.9 Å². The molecule has 0 spiro atoms. The van der Waals surface area contributed by atoms with Crippen LogP contribution in [0.4, 0.5) is 0 Å². The summed E-state index contributed by atoms with van der Waals surface area (Å²) >= 11 is 0. The molecule has 20 heavy (non-hydrogen) atoms. The van der Waals surface area contributed by atoms with E-state index in [9.17, 15) is 14.7 Å². The average molecular weight is 272 g/mol. The summed E-state index contributed by atoms with van der Waals surface area (Å²) in [5, 5.41) is 10.3. The molecule has 0 radical (unpaired) electrons. The third kappa shape index (κ3) is 1.63. The van der Waals surface area contributed by atoms with Crippen LogP contribution in [0, 0.1) is 5.92 Å². The predicted octanol–water partition coefficient (Wildman–Crippen LogP) is 0.697. The van der Waals surface area contributed by atoms with E-state index in [1.807, 2.05) is 4.90 Å². The fourth-order valence-electron chi connectivity index (χ4n) is 3.27. The zero-order valence-corrected chi connectivity index (χ0v) is 11.1. The van der Waals surface area contributed by atoms with E-state index in [0.717, 1.165) is 12.8 Å². The highest BCUT2D eigenvalue weighted by molar-refractivity contribution is 6.21. The van der Waals surface area contributed by atoms with Gasteiger partial charge in [-0.15, -0.1) is 0 Å². The standard InChI is InChI=1S/C15H16N2O3/c18-13-11-3-1-2-4-12(11)14(19)17(13)9-16-7-15(20,8-16)10-5-6-10/h1-4,10,20H,5-9H2. The van der Waals surface area contributed by atoms with Crippen molar-refractivity contribution in [1.82, 2.24) is 9.80 Å². The van der Waals surface area contributed by atoms with Crippen LogP contribution in [-0.2, 0) is 0 Å². The maximum absolute atomic E-state index is 12.2. The van der Waals surface area contributed by atoms with E-state index in [2.05, 4.69) is 0 Å². The molecule has 2 heterocycles. The van der Waals surface area contributed by atoms with Gasteiger partial charge in [-0.3, -0.25) is 19.4 Å². The Kier molecular flexibility index (Phi) is 2.35. The Labute approximate surface area is 116 Å². The summed E-state index contributed by atoms with van der Waals surface area (Å²) < 4.78 is 0. The van der Waals surface area contributed by atoms with Crippen molar-refractivity contribution in [1.29, 1.82) is 0 Å². The van der Waals surface area contributed by atoms with Crippen LogP contribution in [0.15, 0.2) is 24.3 Å². The van der Waals surface area contributed by atoms with Crippen LogP contribution < -0.4 is 0 Å². The van der Waals surface area contributed by atoms with Crippen LogP contribution >= 0.6 is 0 Å². The van der Waals surface area contributed by atoms with Crippen molar-refractivity contribution in [3.63, 3.8) is 0 Å². The first kappa shape index (κ1) is 12.1. The number of carbonyl (C=O) groups is 2. The van der Waals surface area contributed by atoms with Crippen LogP contribution in [0.5, 0.6) is 0 Å². The molecule has 0 unspecified atom stereocenters. The average Bonchev–Trinajstić information content (AvgIpc) is 3.22. The number of aliphatic hydroxyl groups is 1. The van der Waals surface area contributed by atoms with Gasteiger partial charge in [-0.1, -0.05) is 12.1 Å². The highest BCUT2D eigenvalue weighted by atomic mass is 16.3. The minimum atomic E-state index is -0.585. The molecule has 1 aromatic rings. The molecule has 0 bridgehead atoms. The molecule has 2 fully saturated rings. The van der Waals surface area contributed by atoms with Gasteiger partial charge in [-0.05, 0) is 30.9 Å². The van der Waals surface area contributed by atoms with Gasteiger partial charge in [0.1, 0.15) is 0 Å². The summed E-state index contributed by atoms with van der Waals surface area (Å²) in [6, 6.07) is 6.91. The number of imide groups is 1. The summed E-state index contributed by atoms with van der Waals surface area (Å²) in [6.07, 6.45) is 2.19. The number of carbonyl (C=O) groups excluding carboxylic acids is 2. The quantitative estimate of drug-likeness (QED) is 0.823. The van der Waals surface area contributed by atoms with E-state index in [-0.39, 0.29) is 18.5 Å². The lowest BCUT2D eigenvalue weighted by Crippen LogP contribution is -2.65. The Morgan fingerprint density at radius 2 is 1.65 bits per heavy atom. The summed E-state index contributed by atoms with van der Waals surface area (Å²) in [7, 11) is 0. The number of nitrogens with zero attached hydrogens (tertiary/aromatic N) is 2. The Balaban J connectivity index is 1.46. The SMILES string of the molecule is O=C1c2ccccc2C(=O)N1CN1CC(O)(C2CC2)C1. The van der Waals surface area contributed by atoms with Crippen LogP contribution in [0.1, 0.15) is 33.6 Å². The number of β-amino-alcohol motifs (C(OH)–C–C–N with tert-alkyl or cyclic N) is 1. The van der Waals surface area contributed by atoms with Gasteiger partial charge in [0.2, 0.25) is 0 Å². The van der Waals surface area contributed by atoms with Gasteiger partial charge >= 0.3 is 0 Å². The number of benzene rings is 1. The normalized spacial score (nSPS) is 24.8. The maximum atomic E-state index is 12.2. The first-order chi connectivity index (χ1) is 9.58. The van der Waals surface area contributed by atoms with Gasteiger partial charge in [-0.2, -0.15) is 0 Å². The molecule has 104 valence electrons. The van der Waals surface area contributed by atoms with Crippen LogP contribution in [0.2, 0.25) is 0 Å². The number of amides is 2. The second-order valence-corrected chi connectivity index (χ2v) is 6.09. The van der Waals surface area contributed by atoms with E-state index in [0.29, 0.717) is 30.1 Å². The summed E-state index contributed by atoms with van der Waals surface area (Å²) in [4.78, 5) is 27.6. The lowest BCUT2D eigenvalue weighted by atomic mass is 9.89. The molecule has 5 heteroatoms. The molecule has 2 amide bonds. The second-order valence-electron chi connectivity index (χ2n) is 6.09. The van der Waals surface area contributed by atoms with Crippen molar-refractivity contribution >= 4 is 11.8 Å². The molecule has 0 aromatic heterocycles. The Morgan fingerprint density at radius 1 is 1.10 bits per heavy atom. The second kappa shape index (κ2) is 3.90. The molecular formula is C15H16N2O3. The Morgan fingerprint density at radius 3 is 2.15 bits per heavy atom. The molecular weight excluding hydrogens is 256 g/mol. The molecule has 3 aliphatic rings. The molecule has 2 aliphatic heterocycles. The molecule has 4 rings (SSSR count). The molecule has 1 aliphatic carbocycles. The number of likely N-dealkylation sites (tertiary alicyclic amines) is 1. The number of hydrogen-bond acceptors (Lipinski definition) is 4. The van der Waals surface area contributed by atoms with Gasteiger partial charge in [0.25, 0.3) is 11.8 Å². The van der Waals surface area contributed by atoms with Crippen molar-refractivity contribution in [3.05, 3.63) is 35.4 Å². The fourth-order valence-corrected chi connectivity index (χ4v) is 3.27. The number of rotatable bonds is 3. The monoisotopic (exact) mass is 272 g/mol. The predicted molar refractivity (Wildman–Crippen MR) is 71.1 cm³/mol. The summed E-state index contributed by atoms with van der Waals surface area (Å²) in [5.74, 6) is -0.0409. The van der Waals surface area contributed by atoms with Crippen molar-refractivity contribution in [2.75, 3.05) is 19.8 Å². The largest absolute Gasteiger partial charge is 0.387 e. The molecule has 5 nitrogen and oxygen atoms in total. The zero-order chi connectivity index (χ0) is 13.9. The van der Waals surface area contributed by atoms with Gasteiger partial charge in [0.05, 0.1) is 23.4 Å². The zero-order valence-electron chi connectivity index (χ0n) is 11.1. The van der Waals surface area contributed by atoms with Gasteiger partial charge < -0.3 is 5.11 Å². The van der Waals surface area contributed by atoms with Crippen molar-refractivity contribution in [3.8, 4) is 0 Å². The maximum Gasteiger partial charge on any atom is 0.262 e. The molecule has 1 aromatic carbocycles. The fraction of sp³-hybridized carbons (Fsp3) is 0.467. The first-order valence-electron chi connectivity index (χ1n) is 6.98. The molecule has 1 saturated heterocycles. The van der Waals surface area contributed by atoms with Crippen LogP contribution in [-0.4, -0.2) is 52.1 Å². The lowest BCUT2D eigenvalue weighted by Gasteiger charge is -2.47. The van der Waals surface area contributed by atoms with Crippen molar-refractivity contribution < 1.29 is 14.7 Å². The summed E-state index contributed by atoms with van der Waals surface area (Å²) in [5.41, 5.74) is 0.379. The van der Waals surface area contributed by atoms with Gasteiger partial charge in [0.15, 0.2) is 0 Å².